The van der Waals surface area contributed by atoms with Gasteiger partial charge in [0.05, 0.1) is 5.69 Å². The third-order valence-corrected chi connectivity index (χ3v) is 3.04. The molecule has 0 amide bonds. The number of hydrogen-bond acceptors (Lipinski definition) is 2. The molecule has 0 spiro atoms. The lowest BCUT2D eigenvalue weighted by molar-refractivity contribution is 0.631. The van der Waals surface area contributed by atoms with Gasteiger partial charge in [0.2, 0.25) is 0 Å². The third kappa shape index (κ3) is 1.55. The molecule has 2 aromatic rings. The smallest absolute Gasteiger partial charge is 0.133 e. The largest absolute Gasteiger partial charge is 0.241 e. The highest BCUT2D eigenvalue weighted by molar-refractivity contribution is 7.15. The molecule has 1 radical (unpaired) electrons. The maximum atomic E-state index is 13.4. The van der Waals surface area contributed by atoms with Crippen molar-refractivity contribution in [3.05, 3.63) is 47.6 Å². The van der Waals surface area contributed by atoms with Gasteiger partial charge in [0, 0.05) is 10.4 Å². The molecule has 0 unspecified atom stereocenters. The second-order valence-corrected chi connectivity index (χ2v) is 4.20. The molecule has 1 nitrogen and oxygen atoms in total. The number of hydrogen-bond donors (Lipinski definition) is 0. The lowest BCUT2D eigenvalue weighted by atomic mass is 10.2. The van der Waals surface area contributed by atoms with E-state index in [1.165, 1.54) is 17.4 Å². The Bertz CT molecular complexity index is 443. The van der Waals surface area contributed by atoms with Crippen LogP contribution >= 0.6 is 11.3 Å². The summed E-state index contributed by atoms with van der Waals surface area (Å²) < 4.78 is 13.4. The zero-order chi connectivity index (χ0) is 10.1. The SMILES string of the molecule is [CH2]c1nc(-c2ccccc2F)sc1C. The van der Waals surface area contributed by atoms with E-state index in [9.17, 15) is 4.39 Å². The third-order valence-electron chi connectivity index (χ3n) is 2.00. The van der Waals surface area contributed by atoms with Crippen LogP contribution in [0, 0.1) is 19.7 Å². The van der Waals surface area contributed by atoms with Crippen molar-refractivity contribution in [2.24, 2.45) is 0 Å². The van der Waals surface area contributed by atoms with Crippen LogP contribution in [0.4, 0.5) is 4.39 Å². The molecule has 0 bridgehead atoms. The maximum absolute atomic E-state index is 13.4. The predicted octanol–water partition coefficient (Wildman–Crippen LogP) is 3.44. The van der Waals surface area contributed by atoms with E-state index in [1.54, 1.807) is 18.2 Å². The van der Waals surface area contributed by atoms with Crippen LogP contribution in [0.5, 0.6) is 0 Å². The normalized spacial score (nSPS) is 10.5. The van der Waals surface area contributed by atoms with Crippen LogP contribution < -0.4 is 0 Å². The van der Waals surface area contributed by atoms with Gasteiger partial charge in [-0.05, 0) is 26.0 Å². The molecule has 1 heterocycles. The van der Waals surface area contributed by atoms with Gasteiger partial charge in [0.25, 0.3) is 0 Å². The van der Waals surface area contributed by atoms with Gasteiger partial charge in [-0.25, -0.2) is 9.37 Å². The van der Waals surface area contributed by atoms with Gasteiger partial charge in [-0.15, -0.1) is 11.3 Å². The summed E-state index contributed by atoms with van der Waals surface area (Å²) in [5.74, 6) is -0.235. The van der Waals surface area contributed by atoms with Crippen molar-refractivity contribution in [1.82, 2.24) is 4.98 Å². The Hall–Kier alpha value is -1.22. The molecule has 14 heavy (non-hydrogen) atoms. The first-order chi connectivity index (χ1) is 6.68. The fraction of sp³-hybridized carbons (Fsp3) is 0.0909. The number of benzene rings is 1. The summed E-state index contributed by atoms with van der Waals surface area (Å²) in [5, 5.41) is 0.700. The molecule has 3 heteroatoms. The summed E-state index contributed by atoms with van der Waals surface area (Å²) in [6.07, 6.45) is 0. The van der Waals surface area contributed by atoms with Crippen LogP contribution in [0.25, 0.3) is 10.6 Å². The Kier molecular flexibility index (Phi) is 2.33. The summed E-state index contributed by atoms with van der Waals surface area (Å²) in [4.78, 5) is 5.24. The zero-order valence-electron chi connectivity index (χ0n) is 7.75. The number of halogens is 1. The highest BCUT2D eigenvalue weighted by Gasteiger charge is 2.09. The number of aryl methyl sites for hydroxylation is 1. The Labute approximate surface area is 86.2 Å². The Morgan fingerprint density at radius 2 is 2.07 bits per heavy atom. The van der Waals surface area contributed by atoms with Crippen molar-refractivity contribution >= 4 is 11.3 Å². The highest BCUT2D eigenvalue weighted by atomic mass is 32.1. The van der Waals surface area contributed by atoms with Crippen molar-refractivity contribution in [2.75, 3.05) is 0 Å². The Balaban J connectivity index is 2.55. The minimum absolute atomic E-state index is 0.235. The standard InChI is InChI=1S/C11H9FNS/c1-7-8(2)14-11(13-7)9-5-3-4-6-10(9)12/h3-6H,1H2,2H3. The molecule has 0 aliphatic heterocycles. The molecular formula is C11H9FNS. The maximum Gasteiger partial charge on any atom is 0.133 e. The van der Waals surface area contributed by atoms with Gasteiger partial charge < -0.3 is 0 Å². The second kappa shape index (κ2) is 3.50. The Morgan fingerprint density at radius 3 is 2.64 bits per heavy atom. The fourth-order valence-electron chi connectivity index (χ4n) is 1.18. The van der Waals surface area contributed by atoms with Gasteiger partial charge in [0.1, 0.15) is 10.8 Å². The van der Waals surface area contributed by atoms with Crippen LogP contribution in [-0.4, -0.2) is 4.98 Å². The van der Waals surface area contributed by atoms with Gasteiger partial charge in [-0.1, -0.05) is 12.1 Å². The van der Waals surface area contributed by atoms with Crippen LogP contribution in [-0.2, 0) is 0 Å². The highest BCUT2D eigenvalue weighted by Crippen LogP contribution is 2.28. The van der Waals surface area contributed by atoms with E-state index < -0.39 is 0 Å². The average Bonchev–Trinajstić information content (AvgIpc) is 2.48. The van der Waals surface area contributed by atoms with Crippen molar-refractivity contribution in [3.63, 3.8) is 0 Å². The quantitative estimate of drug-likeness (QED) is 0.696. The lowest BCUT2D eigenvalue weighted by Gasteiger charge is -1.96. The molecule has 0 atom stereocenters. The Morgan fingerprint density at radius 1 is 1.36 bits per heavy atom. The van der Waals surface area contributed by atoms with Gasteiger partial charge in [-0.3, -0.25) is 0 Å². The van der Waals surface area contributed by atoms with Crippen molar-refractivity contribution in [2.45, 2.75) is 6.92 Å². The molecule has 0 saturated heterocycles. The number of nitrogens with zero attached hydrogens (tertiary/aromatic N) is 1. The monoisotopic (exact) mass is 206 g/mol. The van der Waals surface area contributed by atoms with Gasteiger partial charge in [-0.2, -0.15) is 0 Å². The predicted molar refractivity (Wildman–Crippen MR) is 56.7 cm³/mol. The van der Waals surface area contributed by atoms with E-state index in [1.807, 2.05) is 6.92 Å². The summed E-state index contributed by atoms with van der Waals surface area (Å²) in [5.41, 5.74) is 1.28. The summed E-state index contributed by atoms with van der Waals surface area (Å²) in [7, 11) is 0. The molecule has 71 valence electrons. The fourth-order valence-corrected chi connectivity index (χ4v) is 2.06. The van der Waals surface area contributed by atoms with Gasteiger partial charge in [0.15, 0.2) is 0 Å². The molecule has 0 fully saturated rings. The molecule has 0 saturated carbocycles. The topological polar surface area (TPSA) is 12.9 Å². The minimum atomic E-state index is -0.235. The average molecular weight is 206 g/mol. The molecule has 0 N–H and O–H groups in total. The van der Waals surface area contributed by atoms with E-state index in [4.69, 9.17) is 0 Å². The van der Waals surface area contributed by atoms with E-state index in [0.717, 1.165) is 10.6 Å². The van der Waals surface area contributed by atoms with Crippen molar-refractivity contribution in [3.8, 4) is 10.6 Å². The van der Waals surface area contributed by atoms with Crippen molar-refractivity contribution < 1.29 is 4.39 Å². The first-order valence-electron chi connectivity index (χ1n) is 4.23. The molecule has 1 aromatic carbocycles. The van der Waals surface area contributed by atoms with Crippen LogP contribution in [0.2, 0.25) is 0 Å². The molecule has 0 aliphatic carbocycles. The second-order valence-electron chi connectivity index (χ2n) is 3.00. The first-order valence-corrected chi connectivity index (χ1v) is 5.04. The van der Waals surface area contributed by atoms with E-state index >= 15 is 0 Å². The van der Waals surface area contributed by atoms with Crippen LogP contribution in [0.15, 0.2) is 24.3 Å². The van der Waals surface area contributed by atoms with E-state index in [2.05, 4.69) is 11.9 Å². The number of thiazole rings is 1. The molecular weight excluding hydrogens is 197 g/mol. The molecule has 1 aromatic heterocycles. The molecule has 0 aliphatic rings. The van der Waals surface area contributed by atoms with E-state index in [0.29, 0.717) is 10.6 Å². The van der Waals surface area contributed by atoms with Crippen LogP contribution in [0.1, 0.15) is 10.6 Å². The molecule has 2 rings (SSSR count). The lowest BCUT2D eigenvalue weighted by Crippen LogP contribution is -1.82. The number of aromatic nitrogens is 1. The van der Waals surface area contributed by atoms with Gasteiger partial charge >= 0.3 is 0 Å². The number of rotatable bonds is 1. The van der Waals surface area contributed by atoms with E-state index in [-0.39, 0.29) is 5.82 Å². The van der Waals surface area contributed by atoms with Crippen LogP contribution in [0.3, 0.4) is 0 Å². The first kappa shape index (κ1) is 9.34. The summed E-state index contributed by atoms with van der Waals surface area (Å²) in [6.45, 7) is 5.71. The summed E-state index contributed by atoms with van der Waals surface area (Å²) >= 11 is 1.47. The van der Waals surface area contributed by atoms with Crippen molar-refractivity contribution in [1.29, 1.82) is 0 Å². The summed E-state index contributed by atoms with van der Waals surface area (Å²) in [6, 6.07) is 6.64. The minimum Gasteiger partial charge on any atom is -0.241 e. The zero-order valence-corrected chi connectivity index (χ0v) is 8.57.